The van der Waals surface area contributed by atoms with Crippen molar-refractivity contribution < 1.29 is 19.1 Å². The molecule has 0 aliphatic carbocycles. The molecule has 0 bridgehead atoms. The van der Waals surface area contributed by atoms with E-state index < -0.39 is 0 Å². The summed E-state index contributed by atoms with van der Waals surface area (Å²) >= 11 is 6.04. The van der Waals surface area contributed by atoms with Gasteiger partial charge in [-0.15, -0.1) is 0 Å². The molecule has 0 atom stereocenters. The minimum atomic E-state index is -0.0275. The normalized spacial score (nSPS) is 14.2. The van der Waals surface area contributed by atoms with Gasteiger partial charge in [0.05, 0.1) is 11.6 Å². The second-order valence-corrected chi connectivity index (χ2v) is 7.61. The Hall–Kier alpha value is -2.73. The SMILES string of the molecule is O=C(CCCOc1ccccc1Cl)NC1CCN(C(=O)COc2ccccc2)CC1. The molecule has 160 valence electrons. The number of nitrogens with one attached hydrogen (secondary N) is 1. The van der Waals surface area contributed by atoms with Crippen LogP contribution in [0.4, 0.5) is 0 Å². The van der Waals surface area contributed by atoms with Crippen molar-refractivity contribution in [3.8, 4) is 11.5 Å². The Bertz CT molecular complexity index is 823. The maximum atomic E-state index is 12.3. The molecule has 1 fully saturated rings. The number of carbonyl (C=O) groups is 2. The van der Waals surface area contributed by atoms with Gasteiger partial charge < -0.3 is 19.7 Å². The fourth-order valence-corrected chi connectivity index (χ4v) is 3.49. The maximum Gasteiger partial charge on any atom is 0.260 e. The number of hydrogen-bond donors (Lipinski definition) is 1. The fourth-order valence-electron chi connectivity index (χ4n) is 3.30. The molecular formula is C23H27ClN2O4. The van der Waals surface area contributed by atoms with Gasteiger partial charge in [0.15, 0.2) is 6.61 Å². The molecule has 1 heterocycles. The van der Waals surface area contributed by atoms with E-state index in [4.69, 9.17) is 21.1 Å². The molecule has 1 aliphatic rings. The molecule has 0 radical (unpaired) electrons. The number of nitrogens with zero attached hydrogens (tertiary/aromatic N) is 1. The van der Waals surface area contributed by atoms with E-state index in [9.17, 15) is 9.59 Å². The second-order valence-electron chi connectivity index (χ2n) is 7.21. The first-order chi connectivity index (χ1) is 14.6. The van der Waals surface area contributed by atoms with E-state index in [-0.39, 0.29) is 24.5 Å². The summed E-state index contributed by atoms with van der Waals surface area (Å²) in [7, 11) is 0. The zero-order valence-electron chi connectivity index (χ0n) is 16.9. The number of piperidine rings is 1. The lowest BCUT2D eigenvalue weighted by molar-refractivity contribution is -0.134. The minimum absolute atomic E-state index is 0.00921. The molecule has 6 nitrogen and oxygen atoms in total. The number of hydrogen-bond acceptors (Lipinski definition) is 4. The number of ether oxygens (including phenoxy) is 2. The van der Waals surface area contributed by atoms with E-state index in [0.29, 0.717) is 49.1 Å². The molecule has 3 rings (SSSR count). The number of rotatable bonds is 9. The summed E-state index contributed by atoms with van der Waals surface area (Å²) in [5.74, 6) is 1.30. The Morgan fingerprint density at radius 3 is 2.43 bits per heavy atom. The van der Waals surface area contributed by atoms with Crippen LogP contribution < -0.4 is 14.8 Å². The van der Waals surface area contributed by atoms with Gasteiger partial charge in [-0.1, -0.05) is 41.9 Å². The molecule has 0 aromatic heterocycles. The van der Waals surface area contributed by atoms with E-state index in [2.05, 4.69) is 5.32 Å². The number of likely N-dealkylation sites (tertiary alicyclic amines) is 1. The maximum absolute atomic E-state index is 12.3. The van der Waals surface area contributed by atoms with Gasteiger partial charge in [0.25, 0.3) is 5.91 Å². The van der Waals surface area contributed by atoms with Gasteiger partial charge in [-0.25, -0.2) is 0 Å². The number of halogens is 1. The summed E-state index contributed by atoms with van der Waals surface area (Å²) in [5.41, 5.74) is 0. The highest BCUT2D eigenvalue weighted by atomic mass is 35.5. The van der Waals surface area contributed by atoms with Crippen LogP contribution in [0.5, 0.6) is 11.5 Å². The zero-order valence-corrected chi connectivity index (χ0v) is 17.6. The standard InChI is InChI=1S/C23H27ClN2O4/c24-20-9-4-5-10-21(20)29-16-6-11-22(27)25-18-12-14-26(15-13-18)23(28)17-30-19-7-2-1-3-8-19/h1-5,7-10,18H,6,11-17H2,(H,25,27). The molecule has 1 aliphatic heterocycles. The van der Waals surface area contributed by atoms with Crippen LogP contribution >= 0.6 is 11.6 Å². The predicted octanol–water partition coefficient (Wildman–Crippen LogP) is 3.69. The summed E-state index contributed by atoms with van der Waals surface area (Å²) in [6.45, 7) is 1.72. The fraction of sp³-hybridized carbons (Fsp3) is 0.391. The van der Waals surface area contributed by atoms with E-state index in [0.717, 1.165) is 12.8 Å². The van der Waals surface area contributed by atoms with Crippen molar-refractivity contribution >= 4 is 23.4 Å². The summed E-state index contributed by atoms with van der Waals surface area (Å²) < 4.78 is 11.1. The Labute approximate surface area is 182 Å². The first-order valence-corrected chi connectivity index (χ1v) is 10.6. The third-order valence-electron chi connectivity index (χ3n) is 4.96. The summed E-state index contributed by atoms with van der Waals surface area (Å²) in [5, 5.41) is 3.62. The Morgan fingerprint density at radius 2 is 1.70 bits per heavy atom. The van der Waals surface area contributed by atoms with Crippen LogP contribution in [0.2, 0.25) is 5.02 Å². The highest BCUT2D eigenvalue weighted by Gasteiger charge is 2.24. The molecule has 0 saturated carbocycles. The molecule has 7 heteroatoms. The van der Waals surface area contributed by atoms with Crippen LogP contribution in [0.15, 0.2) is 54.6 Å². The number of amides is 2. The predicted molar refractivity (Wildman–Crippen MR) is 116 cm³/mol. The largest absolute Gasteiger partial charge is 0.492 e. The van der Waals surface area contributed by atoms with Gasteiger partial charge in [-0.2, -0.15) is 0 Å². The van der Waals surface area contributed by atoms with Crippen LogP contribution in [0.3, 0.4) is 0 Å². The van der Waals surface area contributed by atoms with Crippen LogP contribution in [-0.4, -0.2) is 49.1 Å². The minimum Gasteiger partial charge on any atom is -0.492 e. The van der Waals surface area contributed by atoms with E-state index in [1.807, 2.05) is 48.5 Å². The van der Waals surface area contributed by atoms with Gasteiger partial charge in [-0.3, -0.25) is 9.59 Å². The van der Waals surface area contributed by atoms with Crippen LogP contribution in [0.25, 0.3) is 0 Å². The first kappa shape index (κ1) is 22.0. The van der Waals surface area contributed by atoms with Crippen LogP contribution in [0.1, 0.15) is 25.7 Å². The topological polar surface area (TPSA) is 67.9 Å². The van der Waals surface area contributed by atoms with Crippen molar-refractivity contribution in [2.45, 2.75) is 31.7 Å². The van der Waals surface area contributed by atoms with E-state index >= 15 is 0 Å². The lowest BCUT2D eigenvalue weighted by Crippen LogP contribution is -2.47. The van der Waals surface area contributed by atoms with Gasteiger partial charge in [0.2, 0.25) is 5.91 Å². The molecule has 30 heavy (non-hydrogen) atoms. The van der Waals surface area contributed by atoms with Crippen molar-refractivity contribution in [2.75, 3.05) is 26.3 Å². The van der Waals surface area contributed by atoms with Crippen molar-refractivity contribution in [2.24, 2.45) is 0 Å². The molecular weight excluding hydrogens is 404 g/mol. The molecule has 0 spiro atoms. The summed E-state index contributed by atoms with van der Waals surface area (Å²) in [6, 6.07) is 16.7. The molecule has 2 aromatic rings. The summed E-state index contributed by atoms with van der Waals surface area (Å²) in [4.78, 5) is 26.3. The van der Waals surface area contributed by atoms with Crippen LogP contribution in [-0.2, 0) is 9.59 Å². The van der Waals surface area contributed by atoms with Crippen molar-refractivity contribution in [1.29, 1.82) is 0 Å². The van der Waals surface area contributed by atoms with Gasteiger partial charge in [0, 0.05) is 25.6 Å². The highest BCUT2D eigenvalue weighted by Crippen LogP contribution is 2.23. The Balaban J connectivity index is 1.29. The van der Waals surface area contributed by atoms with E-state index in [1.54, 1.807) is 11.0 Å². The lowest BCUT2D eigenvalue weighted by atomic mass is 10.0. The van der Waals surface area contributed by atoms with E-state index in [1.165, 1.54) is 0 Å². The lowest BCUT2D eigenvalue weighted by Gasteiger charge is -2.32. The quantitative estimate of drug-likeness (QED) is 0.616. The van der Waals surface area contributed by atoms with Gasteiger partial charge in [-0.05, 0) is 43.5 Å². The molecule has 0 unspecified atom stereocenters. The number of benzene rings is 2. The number of carbonyl (C=O) groups excluding carboxylic acids is 2. The zero-order chi connectivity index (χ0) is 21.2. The first-order valence-electron chi connectivity index (χ1n) is 10.2. The summed E-state index contributed by atoms with van der Waals surface area (Å²) in [6.07, 6.45) is 2.51. The molecule has 1 N–H and O–H groups in total. The monoisotopic (exact) mass is 430 g/mol. The average molecular weight is 431 g/mol. The average Bonchev–Trinajstić information content (AvgIpc) is 2.77. The van der Waals surface area contributed by atoms with Crippen molar-refractivity contribution in [3.63, 3.8) is 0 Å². The molecule has 2 amide bonds. The highest BCUT2D eigenvalue weighted by molar-refractivity contribution is 6.32. The van der Waals surface area contributed by atoms with Crippen LogP contribution in [0, 0.1) is 0 Å². The van der Waals surface area contributed by atoms with Crippen molar-refractivity contribution in [3.05, 3.63) is 59.6 Å². The third kappa shape index (κ3) is 6.95. The second kappa shape index (κ2) is 11.5. The third-order valence-corrected chi connectivity index (χ3v) is 5.27. The Morgan fingerprint density at radius 1 is 1.00 bits per heavy atom. The molecule has 2 aromatic carbocycles. The molecule has 1 saturated heterocycles. The van der Waals surface area contributed by atoms with Crippen molar-refractivity contribution in [1.82, 2.24) is 10.2 Å². The van der Waals surface area contributed by atoms with Gasteiger partial charge >= 0.3 is 0 Å². The Kier molecular flexibility index (Phi) is 8.39. The number of para-hydroxylation sites is 2. The van der Waals surface area contributed by atoms with Gasteiger partial charge in [0.1, 0.15) is 11.5 Å². The smallest absolute Gasteiger partial charge is 0.260 e.